The maximum atomic E-state index is 10.0. The van der Waals surface area contributed by atoms with Crippen LogP contribution >= 0.6 is 0 Å². The van der Waals surface area contributed by atoms with Gasteiger partial charge < -0.3 is 14.0 Å². The summed E-state index contributed by atoms with van der Waals surface area (Å²) in [5.74, 6) is 0. The van der Waals surface area contributed by atoms with Crippen molar-refractivity contribution in [2.24, 2.45) is 0 Å². The zero-order valence-corrected chi connectivity index (χ0v) is 51.6. The molecular weight excluding hydrogens is 1140 g/mol. The van der Waals surface area contributed by atoms with E-state index in [0.29, 0.717) is 11.3 Å². The summed E-state index contributed by atoms with van der Waals surface area (Å²) in [5, 5.41) is 27.2. The lowest BCUT2D eigenvalue weighted by atomic mass is 10.1. The van der Waals surface area contributed by atoms with Crippen LogP contribution in [0.4, 0.5) is 22.7 Å². The SMILES string of the molecule is [C-]#[N+]c1ccc(-n2c3ccc(N(c4ccc5ccccc5c4)c4ccc5c(c4)c4cc([Si](c6ccccc6)(c6ccccc6)c6ccccc6)ccc4n5-c4ccc(C#N)cc4)cc3c3cc([Si](c4ccccc4)(c4ccccc4)c4ccccc4)ccc32)cc1. The fourth-order valence-electron chi connectivity index (χ4n) is 14.6. The van der Waals surface area contributed by atoms with E-state index in [9.17, 15) is 5.26 Å². The Labute approximate surface area is 530 Å². The van der Waals surface area contributed by atoms with Gasteiger partial charge in [0, 0.05) is 50.0 Å². The van der Waals surface area contributed by atoms with Gasteiger partial charge in [-0.25, -0.2) is 4.85 Å². The van der Waals surface area contributed by atoms with E-state index < -0.39 is 16.1 Å². The van der Waals surface area contributed by atoms with E-state index >= 15 is 0 Å². The van der Waals surface area contributed by atoms with Gasteiger partial charge >= 0.3 is 0 Å². The Balaban J connectivity index is 0.977. The molecule has 0 N–H and O–H groups in total. The van der Waals surface area contributed by atoms with Crippen LogP contribution in [0.3, 0.4) is 0 Å². The molecule has 0 radical (unpaired) electrons. The first-order valence-corrected chi connectivity index (χ1v) is 34.8. The van der Waals surface area contributed by atoms with Crippen LogP contribution in [0.2, 0.25) is 0 Å². The summed E-state index contributed by atoms with van der Waals surface area (Å²) >= 11 is 0. The molecule has 0 atom stereocenters. The number of rotatable bonds is 13. The first-order chi connectivity index (χ1) is 45.0. The number of anilines is 3. The first-order valence-electron chi connectivity index (χ1n) is 30.8. The van der Waals surface area contributed by atoms with Gasteiger partial charge in [0.05, 0.1) is 40.3 Å². The average molecular weight is 1190 g/mol. The van der Waals surface area contributed by atoms with E-state index in [1.807, 2.05) is 24.3 Å². The van der Waals surface area contributed by atoms with Gasteiger partial charge in [-0.1, -0.05) is 249 Å². The summed E-state index contributed by atoms with van der Waals surface area (Å²) in [6, 6.07) is 129. The third-order valence-corrected chi connectivity index (χ3v) is 28.2. The molecular formula is C84H57N5Si2. The minimum atomic E-state index is -2.97. The Hall–Kier alpha value is -11.8. The van der Waals surface area contributed by atoms with Crippen molar-refractivity contribution in [2.45, 2.75) is 0 Å². The van der Waals surface area contributed by atoms with Crippen LogP contribution in [0.15, 0.2) is 346 Å². The third kappa shape index (κ3) is 9.02. The van der Waals surface area contributed by atoms with Crippen LogP contribution in [0.1, 0.15) is 5.56 Å². The normalized spacial score (nSPS) is 11.7. The highest BCUT2D eigenvalue weighted by Gasteiger charge is 2.43. The highest BCUT2D eigenvalue weighted by atomic mass is 28.3. The summed E-state index contributed by atoms with van der Waals surface area (Å²) in [6.07, 6.45) is 0. The molecule has 0 unspecified atom stereocenters. The quantitative estimate of drug-likeness (QED) is 0.0656. The van der Waals surface area contributed by atoms with Crippen molar-refractivity contribution in [3.8, 4) is 17.4 Å². The van der Waals surface area contributed by atoms with Gasteiger partial charge in [0.2, 0.25) is 0 Å². The average Bonchev–Trinajstić information content (AvgIpc) is 1.70. The van der Waals surface area contributed by atoms with E-state index in [2.05, 4.69) is 346 Å². The molecule has 0 saturated carbocycles. The molecule has 0 saturated heterocycles. The molecule has 91 heavy (non-hydrogen) atoms. The monoisotopic (exact) mass is 1190 g/mol. The van der Waals surface area contributed by atoms with Crippen molar-refractivity contribution in [2.75, 3.05) is 4.90 Å². The summed E-state index contributed by atoms with van der Waals surface area (Å²) in [7, 11) is -5.94. The molecule has 0 aliphatic rings. The van der Waals surface area contributed by atoms with Crippen molar-refractivity contribution < 1.29 is 0 Å². The lowest BCUT2D eigenvalue weighted by molar-refractivity contribution is 1.18. The molecule has 426 valence electrons. The van der Waals surface area contributed by atoms with Crippen molar-refractivity contribution >= 4 is 135 Å². The standard InChI is InChI=1S/C84H57N5Si2/c1-86-63-39-44-65(45-40-63)89-82-51-47-68(56-78(82)80-58-76(49-53-84(80)89)91(72-30-14-5-15-31-72,73-32-16-6-17-33-73)74-34-18-7-19-35-74)87(66-43-38-61-22-20-21-23-62(61)54-66)67-46-50-81-77(55-67)79-57-75(48-52-83(79)88(81)64-41-36-60(59-85)37-42-64)90(69-24-8-2-9-25-69,70-26-10-3-11-27-70)71-28-12-4-13-29-71/h2-58H. The minimum Gasteiger partial charge on any atom is -0.310 e. The molecule has 0 spiro atoms. The van der Waals surface area contributed by atoms with Gasteiger partial charge in [0.1, 0.15) is 0 Å². The number of aromatic nitrogens is 2. The molecule has 0 fully saturated rings. The van der Waals surface area contributed by atoms with Crippen molar-refractivity contribution in [1.82, 2.24) is 9.13 Å². The van der Waals surface area contributed by atoms with Gasteiger partial charge in [-0.05, 0) is 149 Å². The first kappa shape index (κ1) is 54.5. The van der Waals surface area contributed by atoms with Gasteiger partial charge in [-0.2, -0.15) is 5.26 Å². The molecule has 0 amide bonds. The van der Waals surface area contributed by atoms with Crippen LogP contribution in [0, 0.1) is 17.9 Å². The van der Waals surface area contributed by atoms with E-state index in [0.717, 1.165) is 77.4 Å². The molecule has 5 nitrogen and oxygen atoms in total. The second-order valence-electron chi connectivity index (χ2n) is 23.4. The van der Waals surface area contributed by atoms with Crippen molar-refractivity contribution in [3.05, 3.63) is 363 Å². The second-order valence-corrected chi connectivity index (χ2v) is 31.0. The Kier molecular flexibility index (Phi) is 13.6. The molecule has 0 aliphatic heterocycles. The Bertz CT molecular complexity index is 4970. The topological polar surface area (TPSA) is 41.2 Å². The number of hydrogen-bond acceptors (Lipinski definition) is 2. The zero-order chi connectivity index (χ0) is 60.9. The number of nitriles is 1. The van der Waals surface area contributed by atoms with Crippen molar-refractivity contribution in [1.29, 1.82) is 5.26 Å². The van der Waals surface area contributed by atoms with Gasteiger partial charge in [-0.3, -0.25) is 0 Å². The minimum absolute atomic E-state index is 0.600. The molecule has 0 bridgehead atoms. The highest BCUT2D eigenvalue weighted by Crippen LogP contribution is 2.43. The number of hydrogen-bond donors (Lipinski definition) is 0. The van der Waals surface area contributed by atoms with Gasteiger partial charge in [-0.15, -0.1) is 0 Å². The molecule has 2 aromatic heterocycles. The van der Waals surface area contributed by atoms with E-state index in [-0.39, 0.29) is 0 Å². The molecule has 16 rings (SSSR count). The maximum absolute atomic E-state index is 10.0. The molecule has 0 aliphatic carbocycles. The van der Waals surface area contributed by atoms with Gasteiger partial charge in [0.25, 0.3) is 0 Å². The second kappa shape index (κ2) is 22.7. The van der Waals surface area contributed by atoms with Crippen LogP contribution in [0.25, 0.3) is 70.6 Å². The van der Waals surface area contributed by atoms with E-state index in [4.69, 9.17) is 6.57 Å². The fourth-order valence-corrected chi connectivity index (χ4v) is 24.1. The molecule has 2 heterocycles. The predicted molar refractivity (Wildman–Crippen MR) is 386 cm³/mol. The lowest BCUT2D eigenvalue weighted by Crippen LogP contribution is -2.74. The van der Waals surface area contributed by atoms with Crippen LogP contribution in [0.5, 0.6) is 0 Å². The zero-order valence-electron chi connectivity index (χ0n) is 49.6. The van der Waals surface area contributed by atoms with Crippen LogP contribution in [-0.4, -0.2) is 25.3 Å². The largest absolute Gasteiger partial charge is 0.310 e. The third-order valence-electron chi connectivity index (χ3n) is 18.6. The molecule has 16 aromatic rings. The Morgan fingerprint density at radius 1 is 0.297 bits per heavy atom. The number of nitrogens with zero attached hydrogens (tertiary/aromatic N) is 5. The summed E-state index contributed by atoms with van der Waals surface area (Å²) in [5.41, 5.74) is 10.5. The summed E-state index contributed by atoms with van der Waals surface area (Å²) in [4.78, 5) is 6.23. The van der Waals surface area contributed by atoms with E-state index in [1.54, 1.807) is 0 Å². The maximum Gasteiger partial charge on any atom is 0.187 e. The molecule has 14 aromatic carbocycles. The van der Waals surface area contributed by atoms with Crippen LogP contribution < -0.4 is 46.4 Å². The van der Waals surface area contributed by atoms with Crippen LogP contribution in [-0.2, 0) is 0 Å². The molecule has 7 heteroatoms. The lowest BCUT2D eigenvalue weighted by Gasteiger charge is -2.34. The van der Waals surface area contributed by atoms with E-state index in [1.165, 1.54) is 46.9 Å². The fraction of sp³-hybridized carbons (Fsp3) is 0. The Morgan fingerprint density at radius 3 is 0.989 bits per heavy atom. The highest BCUT2D eigenvalue weighted by molar-refractivity contribution is 7.20. The Morgan fingerprint density at radius 2 is 0.615 bits per heavy atom. The predicted octanol–water partition coefficient (Wildman–Crippen LogP) is 15.7. The van der Waals surface area contributed by atoms with Crippen molar-refractivity contribution in [3.63, 3.8) is 0 Å². The number of benzene rings is 14. The summed E-state index contributed by atoms with van der Waals surface area (Å²) in [6.45, 7) is 7.87. The summed E-state index contributed by atoms with van der Waals surface area (Å²) < 4.78 is 4.73. The van der Waals surface area contributed by atoms with Gasteiger partial charge in [0.15, 0.2) is 21.8 Å². The smallest absolute Gasteiger partial charge is 0.187 e. The number of fused-ring (bicyclic) bond motifs is 7.